The number of Topliss-reactive ketones (excluding diaryl/α,β-unsaturated/α-hetero) is 1. The van der Waals surface area contributed by atoms with E-state index in [2.05, 4.69) is 11.9 Å². The van der Waals surface area contributed by atoms with Gasteiger partial charge in [0.2, 0.25) is 11.3 Å². The number of carbonyl (C=O) groups excluding carboxylic acids is 1. The Kier molecular flexibility index (Phi) is 4.00. The number of piperidine rings is 1. The first-order valence-corrected chi connectivity index (χ1v) is 7.85. The molecule has 0 aliphatic carbocycles. The van der Waals surface area contributed by atoms with E-state index < -0.39 is 11.6 Å². The van der Waals surface area contributed by atoms with Gasteiger partial charge in [0.05, 0.1) is 13.5 Å². The van der Waals surface area contributed by atoms with Crippen molar-refractivity contribution in [1.29, 1.82) is 0 Å². The average Bonchev–Trinajstić information content (AvgIpc) is 2.76. The first-order valence-electron chi connectivity index (χ1n) is 7.85. The van der Waals surface area contributed by atoms with Crippen LogP contribution in [0.25, 0.3) is 0 Å². The number of methoxy groups -OCH3 is 1. The fourth-order valence-electron chi connectivity index (χ4n) is 3.59. The van der Waals surface area contributed by atoms with E-state index in [-0.39, 0.29) is 5.78 Å². The number of hydrogen-bond donors (Lipinski definition) is 0. The molecule has 5 nitrogen and oxygen atoms in total. The molecule has 2 aliphatic heterocycles. The zero-order valence-corrected chi connectivity index (χ0v) is 13.2. The maximum atomic E-state index is 12.8. The molecule has 22 heavy (non-hydrogen) atoms. The molecular weight excluding hydrogens is 280 g/mol. The van der Waals surface area contributed by atoms with Crippen molar-refractivity contribution in [2.24, 2.45) is 0 Å². The summed E-state index contributed by atoms with van der Waals surface area (Å²) in [5, 5.41) is 0. The van der Waals surface area contributed by atoms with E-state index in [4.69, 9.17) is 4.74 Å². The fraction of sp³-hybridized carbons (Fsp3) is 0.588. The number of rotatable bonds is 3. The second-order valence-corrected chi connectivity index (χ2v) is 6.56. The molecule has 2 heterocycles. The number of benzene rings is 1. The van der Waals surface area contributed by atoms with Crippen LogP contribution >= 0.6 is 0 Å². The van der Waals surface area contributed by atoms with E-state index >= 15 is 0 Å². The van der Waals surface area contributed by atoms with E-state index in [1.165, 1.54) is 0 Å². The molecule has 3 rings (SSSR count). The lowest BCUT2D eigenvalue weighted by Gasteiger charge is -2.30. The molecule has 0 N–H and O–H groups in total. The fourth-order valence-corrected chi connectivity index (χ4v) is 3.59. The van der Waals surface area contributed by atoms with Crippen LogP contribution in [0.4, 0.5) is 0 Å². The lowest BCUT2D eigenvalue weighted by molar-refractivity contribution is -0.636. The Hall–Kier alpha value is -1.75. The van der Waals surface area contributed by atoms with E-state index in [0.717, 1.165) is 42.0 Å². The largest absolute Gasteiger partial charge is 0.497 e. The van der Waals surface area contributed by atoms with Crippen LogP contribution in [0, 0.1) is 4.91 Å². The highest BCUT2D eigenvalue weighted by Gasteiger charge is 2.60. The van der Waals surface area contributed by atoms with Crippen LogP contribution < -0.4 is 4.74 Å². The third-order valence-corrected chi connectivity index (χ3v) is 5.13. The quantitative estimate of drug-likeness (QED) is 0.799. The number of hydrogen-bond acceptors (Lipinski definition) is 4. The molecule has 0 bridgehead atoms. The molecule has 118 valence electrons. The zero-order valence-electron chi connectivity index (χ0n) is 13.2. The highest BCUT2D eigenvalue weighted by molar-refractivity contribution is 5.85. The van der Waals surface area contributed by atoms with Gasteiger partial charge in [0, 0.05) is 42.0 Å². The molecule has 2 saturated heterocycles. The summed E-state index contributed by atoms with van der Waals surface area (Å²) >= 11 is 0. The summed E-state index contributed by atoms with van der Waals surface area (Å²) in [6.07, 6.45) is 2.48. The van der Waals surface area contributed by atoms with Gasteiger partial charge in [-0.2, -0.15) is 0 Å². The maximum absolute atomic E-state index is 12.8. The van der Waals surface area contributed by atoms with Crippen LogP contribution in [-0.4, -0.2) is 54.3 Å². The van der Waals surface area contributed by atoms with Crippen molar-refractivity contribution in [3.05, 3.63) is 34.7 Å². The third-order valence-electron chi connectivity index (χ3n) is 5.13. The van der Waals surface area contributed by atoms with Crippen molar-refractivity contribution in [3.63, 3.8) is 0 Å². The SMILES string of the molecule is COc1ccc(CC2C(=O)CC3(CCN(C)CC3)[N+]2=O)cc1. The molecule has 1 aromatic carbocycles. The Morgan fingerprint density at radius 1 is 1.27 bits per heavy atom. The van der Waals surface area contributed by atoms with Gasteiger partial charge in [-0.15, -0.1) is 0 Å². The van der Waals surface area contributed by atoms with Gasteiger partial charge in [-0.05, 0) is 24.7 Å². The van der Waals surface area contributed by atoms with Crippen molar-refractivity contribution in [1.82, 2.24) is 4.90 Å². The minimum Gasteiger partial charge on any atom is -0.497 e. The number of nitrogens with zero attached hydrogens (tertiary/aromatic N) is 2. The Morgan fingerprint density at radius 3 is 2.50 bits per heavy atom. The van der Waals surface area contributed by atoms with Crippen LogP contribution in [0.15, 0.2) is 24.3 Å². The zero-order chi connectivity index (χ0) is 15.7. The number of likely N-dealkylation sites (tertiary alicyclic amines) is 1. The van der Waals surface area contributed by atoms with E-state index in [0.29, 0.717) is 12.8 Å². The monoisotopic (exact) mass is 303 g/mol. The van der Waals surface area contributed by atoms with Crippen molar-refractivity contribution in [2.75, 3.05) is 27.2 Å². The third kappa shape index (κ3) is 2.65. The summed E-state index contributed by atoms with van der Waals surface area (Å²) < 4.78 is 6.26. The molecule has 1 unspecified atom stereocenters. The Labute approximate surface area is 130 Å². The van der Waals surface area contributed by atoms with E-state index in [1.807, 2.05) is 24.3 Å². The Bertz CT molecular complexity index is 574. The first kappa shape index (κ1) is 15.2. The molecular formula is C17H23N2O3+. The van der Waals surface area contributed by atoms with Gasteiger partial charge in [-0.25, -0.2) is 0 Å². The summed E-state index contributed by atoms with van der Waals surface area (Å²) in [5.41, 5.74) is 0.547. The highest BCUT2D eigenvalue weighted by Crippen LogP contribution is 2.37. The van der Waals surface area contributed by atoms with Gasteiger partial charge in [0.25, 0.3) is 6.04 Å². The average molecular weight is 303 g/mol. The minimum atomic E-state index is -0.531. The van der Waals surface area contributed by atoms with Gasteiger partial charge in [0.15, 0.2) is 0 Å². The molecule has 1 aromatic rings. The summed E-state index contributed by atoms with van der Waals surface area (Å²) in [6.45, 7) is 1.78. The first-order chi connectivity index (χ1) is 10.5. The lowest BCUT2D eigenvalue weighted by atomic mass is 9.86. The maximum Gasteiger partial charge on any atom is 0.263 e. The van der Waals surface area contributed by atoms with Gasteiger partial charge in [-0.1, -0.05) is 12.1 Å². The normalized spacial score (nSPS) is 24.9. The number of nitroso groups, excluding NO2 is 1. The van der Waals surface area contributed by atoms with Gasteiger partial charge in [-0.3, -0.25) is 4.79 Å². The van der Waals surface area contributed by atoms with E-state index in [9.17, 15) is 9.70 Å². The van der Waals surface area contributed by atoms with Gasteiger partial charge >= 0.3 is 0 Å². The van der Waals surface area contributed by atoms with Crippen molar-refractivity contribution in [2.45, 2.75) is 37.3 Å². The smallest absolute Gasteiger partial charge is 0.263 e. The van der Waals surface area contributed by atoms with Gasteiger partial charge in [0.1, 0.15) is 5.75 Å². The molecule has 0 aromatic heterocycles. The number of ether oxygens (including phenoxy) is 1. The van der Waals surface area contributed by atoms with Gasteiger partial charge < -0.3 is 9.64 Å². The molecule has 2 fully saturated rings. The predicted molar refractivity (Wildman–Crippen MR) is 83.2 cm³/mol. The predicted octanol–water partition coefficient (Wildman–Crippen LogP) is 1.82. The number of ketones is 1. The summed E-state index contributed by atoms with van der Waals surface area (Å²) in [6, 6.07) is 7.07. The van der Waals surface area contributed by atoms with Crippen molar-refractivity contribution >= 4 is 5.78 Å². The van der Waals surface area contributed by atoms with Crippen LogP contribution in [0.1, 0.15) is 24.8 Å². The van der Waals surface area contributed by atoms with Crippen molar-refractivity contribution in [3.8, 4) is 5.75 Å². The summed E-state index contributed by atoms with van der Waals surface area (Å²) in [7, 11) is 3.69. The lowest BCUT2D eigenvalue weighted by Crippen LogP contribution is -2.48. The molecule has 0 amide bonds. The Morgan fingerprint density at radius 2 is 1.91 bits per heavy atom. The van der Waals surface area contributed by atoms with Crippen molar-refractivity contribution < 1.29 is 14.3 Å². The highest BCUT2D eigenvalue weighted by atomic mass is 16.5. The molecule has 0 radical (unpaired) electrons. The molecule has 2 aliphatic rings. The second-order valence-electron chi connectivity index (χ2n) is 6.56. The molecule has 1 spiro atoms. The minimum absolute atomic E-state index is 0.0929. The van der Waals surface area contributed by atoms with Crippen LogP contribution in [0.3, 0.4) is 0 Å². The summed E-state index contributed by atoms with van der Waals surface area (Å²) in [4.78, 5) is 27.4. The summed E-state index contributed by atoms with van der Waals surface area (Å²) in [5.74, 6) is 0.877. The molecule has 0 saturated carbocycles. The number of carbonyl (C=O) groups is 1. The Balaban J connectivity index is 1.74. The van der Waals surface area contributed by atoms with Crippen LogP contribution in [-0.2, 0) is 11.2 Å². The van der Waals surface area contributed by atoms with E-state index in [1.54, 1.807) is 7.11 Å². The van der Waals surface area contributed by atoms with Crippen LogP contribution in [0.5, 0.6) is 5.75 Å². The second kappa shape index (κ2) is 5.80. The topological polar surface area (TPSA) is 49.6 Å². The molecule has 1 atom stereocenters. The molecule has 5 heteroatoms. The van der Waals surface area contributed by atoms with Crippen LogP contribution in [0.2, 0.25) is 0 Å². The standard InChI is InChI=1S/C17H23N2O3/c1-18-9-7-17(8-10-18)12-16(20)15(19(17)21)11-13-3-5-14(22-2)6-4-13/h3-6,15H,7-12H2,1-2H3/q+1.